The zero-order chi connectivity index (χ0) is 21.8. The van der Waals surface area contributed by atoms with E-state index in [0.717, 1.165) is 17.7 Å². The van der Waals surface area contributed by atoms with Crippen LogP contribution in [-0.4, -0.2) is 31.6 Å². The van der Waals surface area contributed by atoms with E-state index in [2.05, 4.69) is 53.0 Å². The molecule has 0 spiro atoms. The minimum atomic E-state index is 0.406. The first-order valence-corrected chi connectivity index (χ1v) is 13.1. The van der Waals surface area contributed by atoms with Crippen molar-refractivity contribution in [3.63, 3.8) is 0 Å². The number of aromatic nitrogens is 4. The Bertz CT molecular complexity index is 1250. The highest BCUT2D eigenvalue weighted by atomic mass is 32.1. The molecule has 4 aromatic heterocycles. The zero-order valence-electron chi connectivity index (χ0n) is 19.3. The Kier molecular flexibility index (Phi) is 5.10. The van der Waals surface area contributed by atoms with Crippen molar-refractivity contribution in [2.45, 2.75) is 82.7 Å². The lowest BCUT2D eigenvalue weighted by atomic mass is 9.84. The molecule has 32 heavy (non-hydrogen) atoms. The molecule has 0 amide bonds. The van der Waals surface area contributed by atoms with Crippen molar-refractivity contribution in [2.24, 2.45) is 7.05 Å². The average molecular weight is 448 g/mol. The van der Waals surface area contributed by atoms with Gasteiger partial charge in [0, 0.05) is 54.0 Å². The van der Waals surface area contributed by atoms with Gasteiger partial charge in [-0.2, -0.15) is 0 Å². The van der Waals surface area contributed by atoms with E-state index in [1.54, 1.807) is 0 Å². The molecule has 0 bridgehead atoms. The highest BCUT2D eigenvalue weighted by molar-refractivity contribution is 7.18. The normalized spacial score (nSPS) is 22.2. The van der Waals surface area contributed by atoms with Gasteiger partial charge in [-0.25, -0.2) is 9.97 Å². The van der Waals surface area contributed by atoms with E-state index in [-0.39, 0.29) is 0 Å². The van der Waals surface area contributed by atoms with Crippen molar-refractivity contribution >= 4 is 32.7 Å². The third-order valence-electron chi connectivity index (χ3n) is 7.64. The molecule has 0 unspecified atom stereocenters. The average Bonchev–Trinajstić information content (AvgIpc) is 3.42. The van der Waals surface area contributed by atoms with E-state index in [1.165, 1.54) is 82.5 Å². The summed E-state index contributed by atoms with van der Waals surface area (Å²) < 4.78 is 2.12. The quantitative estimate of drug-likeness (QED) is 0.369. The van der Waals surface area contributed by atoms with Crippen molar-refractivity contribution in [3.8, 4) is 11.3 Å². The van der Waals surface area contributed by atoms with Crippen molar-refractivity contribution in [1.82, 2.24) is 24.8 Å². The molecule has 2 saturated carbocycles. The fourth-order valence-corrected chi connectivity index (χ4v) is 6.83. The summed E-state index contributed by atoms with van der Waals surface area (Å²) in [4.78, 5) is 14.8. The molecule has 0 atom stereocenters. The number of thiazole rings is 1. The highest BCUT2D eigenvalue weighted by Gasteiger charge is 2.29. The van der Waals surface area contributed by atoms with Crippen LogP contribution in [0.4, 0.5) is 0 Å². The Balaban J connectivity index is 1.31. The van der Waals surface area contributed by atoms with Crippen molar-refractivity contribution in [2.75, 3.05) is 0 Å². The summed E-state index contributed by atoms with van der Waals surface area (Å²) in [5, 5.41) is 6.42. The summed E-state index contributed by atoms with van der Waals surface area (Å²) >= 11 is 1.88. The molecule has 4 aromatic rings. The van der Waals surface area contributed by atoms with E-state index >= 15 is 0 Å². The van der Waals surface area contributed by atoms with Crippen LogP contribution < -0.4 is 5.32 Å². The number of nitrogens with one attached hydrogen (secondary N) is 2. The fourth-order valence-electron chi connectivity index (χ4n) is 5.68. The minimum absolute atomic E-state index is 0.406. The molecule has 2 N–H and O–H groups in total. The van der Waals surface area contributed by atoms with E-state index < -0.39 is 0 Å². The second kappa shape index (κ2) is 7.99. The molecule has 2 aliphatic rings. The maximum Gasteiger partial charge on any atom is 0.140 e. The van der Waals surface area contributed by atoms with E-state index in [0.29, 0.717) is 11.8 Å². The van der Waals surface area contributed by atoms with Gasteiger partial charge in [0.05, 0.1) is 10.7 Å². The summed E-state index contributed by atoms with van der Waals surface area (Å²) in [6, 6.07) is 5.72. The molecule has 6 rings (SSSR count). The van der Waals surface area contributed by atoms with E-state index in [1.807, 2.05) is 23.6 Å². The summed E-state index contributed by atoms with van der Waals surface area (Å²) in [7, 11) is 2.08. The molecule has 168 valence electrons. The van der Waals surface area contributed by atoms with Crippen LogP contribution in [0.2, 0.25) is 0 Å². The molecule has 2 aliphatic carbocycles. The number of fused-ring (bicyclic) bond motifs is 2. The number of H-pyrrole nitrogens is 1. The first kappa shape index (κ1) is 20.4. The van der Waals surface area contributed by atoms with Crippen LogP contribution >= 0.6 is 11.3 Å². The number of hydrogen-bond acceptors (Lipinski definition) is 4. The molecular formula is C26H33N5S. The number of aryl methyl sites for hydroxylation is 1. The van der Waals surface area contributed by atoms with E-state index in [4.69, 9.17) is 4.98 Å². The van der Waals surface area contributed by atoms with Crippen LogP contribution in [0.1, 0.15) is 81.2 Å². The Labute approximate surface area is 193 Å². The summed E-state index contributed by atoms with van der Waals surface area (Å²) in [5.41, 5.74) is 6.00. The smallest absolute Gasteiger partial charge is 0.140 e. The Morgan fingerprint density at radius 1 is 1.12 bits per heavy atom. The van der Waals surface area contributed by atoms with Crippen LogP contribution in [0.15, 0.2) is 24.5 Å². The Morgan fingerprint density at radius 2 is 1.91 bits per heavy atom. The third-order valence-corrected chi connectivity index (χ3v) is 8.77. The summed E-state index contributed by atoms with van der Waals surface area (Å²) in [5.74, 6) is 1.02. The maximum absolute atomic E-state index is 5.25. The number of rotatable bonds is 5. The Hall–Kier alpha value is -2.18. The van der Waals surface area contributed by atoms with Crippen molar-refractivity contribution in [1.29, 1.82) is 0 Å². The Morgan fingerprint density at radius 3 is 2.62 bits per heavy atom. The molecule has 6 heteroatoms. The molecule has 0 aromatic carbocycles. The molecule has 0 aliphatic heterocycles. The molecule has 4 heterocycles. The van der Waals surface area contributed by atoms with Crippen LogP contribution in [0.25, 0.3) is 32.6 Å². The monoisotopic (exact) mass is 447 g/mol. The van der Waals surface area contributed by atoms with Gasteiger partial charge < -0.3 is 14.9 Å². The minimum Gasteiger partial charge on any atom is -0.345 e. The van der Waals surface area contributed by atoms with Gasteiger partial charge in [0.25, 0.3) is 0 Å². The summed E-state index contributed by atoms with van der Waals surface area (Å²) in [6.07, 6.45) is 13.4. The highest BCUT2D eigenvalue weighted by Crippen LogP contribution is 2.43. The van der Waals surface area contributed by atoms with Gasteiger partial charge in [-0.15, -0.1) is 11.3 Å². The van der Waals surface area contributed by atoms with Gasteiger partial charge in [0.2, 0.25) is 0 Å². The fraction of sp³-hybridized carbons (Fsp3) is 0.538. The van der Waals surface area contributed by atoms with E-state index in [9.17, 15) is 0 Å². The predicted molar refractivity (Wildman–Crippen MR) is 134 cm³/mol. The lowest BCUT2D eigenvalue weighted by Gasteiger charge is -2.35. The molecule has 0 saturated heterocycles. The summed E-state index contributed by atoms with van der Waals surface area (Å²) in [6.45, 7) is 4.57. The molecule has 0 radical (unpaired) electrons. The number of aromatic amines is 1. The first-order valence-electron chi connectivity index (χ1n) is 12.3. The second-order valence-electron chi connectivity index (χ2n) is 10.2. The molecule has 2 fully saturated rings. The van der Waals surface area contributed by atoms with Crippen LogP contribution in [0.5, 0.6) is 0 Å². The van der Waals surface area contributed by atoms with Gasteiger partial charge >= 0.3 is 0 Å². The lowest BCUT2D eigenvalue weighted by molar-refractivity contribution is 0.256. The SMILES string of the molecule is CC(C)c1c(-c2cn(C)c3ncccc23)[nH]c2sc(C3CCC(NC4CCC4)CC3)nc12. The van der Waals surface area contributed by atoms with Crippen molar-refractivity contribution in [3.05, 3.63) is 35.1 Å². The van der Waals surface area contributed by atoms with Crippen LogP contribution in [0.3, 0.4) is 0 Å². The standard InChI is InChI=1S/C26H33N5S/c1-15(2)21-22(20-14-31(3)24-19(20)8-5-13-27-24)29-26-23(21)30-25(32-26)16-9-11-18(12-10-16)28-17-6-4-7-17/h5,8,13-18,28-29H,4,6-7,9-12H2,1-3H3. The largest absolute Gasteiger partial charge is 0.345 e. The van der Waals surface area contributed by atoms with Gasteiger partial charge in [-0.3, -0.25) is 0 Å². The van der Waals surface area contributed by atoms with Gasteiger partial charge in [0.1, 0.15) is 16.0 Å². The lowest BCUT2D eigenvalue weighted by Crippen LogP contribution is -2.43. The van der Waals surface area contributed by atoms with Gasteiger partial charge in [-0.1, -0.05) is 20.3 Å². The topological polar surface area (TPSA) is 58.5 Å². The molecule has 5 nitrogen and oxygen atoms in total. The number of hydrogen-bond donors (Lipinski definition) is 2. The van der Waals surface area contributed by atoms with Crippen LogP contribution in [-0.2, 0) is 7.05 Å². The zero-order valence-corrected chi connectivity index (χ0v) is 20.1. The maximum atomic E-state index is 5.25. The molecular weight excluding hydrogens is 414 g/mol. The first-order chi connectivity index (χ1) is 15.6. The van der Waals surface area contributed by atoms with Crippen LogP contribution in [0, 0.1) is 0 Å². The van der Waals surface area contributed by atoms with Crippen molar-refractivity contribution < 1.29 is 0 Å². The third kappa shape index (κ3) is 3.39. The van der Waals surface area contributed by atoms with Gasteiger partial charge in [-0.05, 0) is 56.6 Å². The number of pyridine rings is 1. The predicted octanol–water partition coefficient (Wildman–Crippen LogP) is 6.47. The number of nitrogens with zero attached hydrogens (tertiary/aromatic N) is 3. The second-order valence-corrected chi connectivity index (χ2v) is 11.2. The van der Waals surface area contributed by atoms with Gasteiger partial charge in [0.15, 0.2) is 0 Å².